The van der Waals surface area contributed by atoms with Crippen molar-refractivity contribution in [1.29, 1.82) is 0 Å². The van der Waals surface area contributed by atoms with E-state index in [4.69, 9.17) is 0 Å². The van der Waals surface area contributed by atoms with Gasteiger partial charge < -0.3 is 9.80 Å². The van der Waals surface area contributed by atoms with Crippen LogP contribution in [0.5, 0.6) is 0 Å². The maximum absolute atomic E-state index is 4.31. The summed E-state index contributed by atoms with van der Waals surface area (Å²) < 4.78 is 0. The lowest BCUT2D eigenvalue weighted by Gasteiger charge is -2.34. The van der Waals surface area contributed by atoms with Crippen LogP contribution < -0.4 is 0 Å². The molecule has 1 aliphatic heterocycles. The Balaban J connectivity index is 1.70. The lowest BCUT2D eigenvalue weighted by atomic mass is 9.78. The molecule has 1 aliphatic carbocycles. The Morgan fingerprint density at radius 2 is 1.81 bits per heavy atom. The molecule has 0 spiro atoms. The van der Waals surface area contributed by atoms with Gasteiger partial charge in [-0.2, -0.15) is 0 Å². The first-order valence-corrected chi connectivity index (χ1v) is 8.57. The van der Waals surface area contributed by atoms with Crippen molar-refractivity contribution in [2.75, 3.05) is 33.2 Å². The second kappa shape index (κ2) is 8.43. The molecule has 0 atom stereocenters. The number of hydrogen-bond donors (Lipinski definition) is 0. The van der Waals surface area contributed by atoms with Crippen LogP contribution in [0.2, 0.25) is 0 Å². The van der Waals surface area contributed by atoms with Gasteiger partial charge in [0.25, 0.3) is 0 Å². The van der Waals surface area contributed by atoms with E-state index in [1.54, 1.807) is 0 Å². The van der Waals surface area contributed by atoms with Gasteiger partial charge in [0.2, 0.25) is 0 Å². The molecule has 0 bridgehead atoms. The summed E-state index contributed by atoms with van der Waals surface area (Å²) in [5.74, 6) is 1.64. The molecule has 2 aliphatic rings. The van der Waals surface area contributed by atoms with E-state index in [0.29, 0.717) is 0 Å². The van der Waals surface area contributed by atoms with E-state index in [0.717, 1.165) is 18.4 Å². The highest BCUT2D eigenvalue weighted by Crippen LogP contribution is 2.33. The Kier molecular flexibility index (Phi) is 6.56. The summed E-state index contributed by atoms with van der Waals surface area (Å²) in [5, 5.41) is 0. The summed E-state index contributed by atoms with van der Waals surface area (Å²) in [7, 11) is 2.08. The second-order valence-electron chi connectivity index (χ2n) is 6.82. The highest BCUT2D eigenvalue weighted by atomic mass is 15.1. The zero-order valence-corrected chi connectivity index (χ0v) is 13.8. The van der Waals surface area contributed by atoms with Crippen molar-refractivity contribution >= 4 is 0 Å². The minimum absolute atomic E-state index is 0.731. The van der Waals surface area contributed by atoms with Crippen LogP contribution in [0.25, 0.3) is 0 Å². The zero-order chi connectivity index (χ0) is 15.1. The average molecular weight is 288 g/mol. The third kappa shape index (κ3) is 5.35. The van der Waals surface area contributed by atoms with Crippen LogP contribution in [0, 0.1) is 11.8 Å². The van der Waals surface area contributed by atoms with Gasteiger partial charge in [-0.15, -0.1) is 0 Å². The number of rotatable bonds is 6. The van der Waals surface area contributed by atoms with E-state index in [1.165, 1.54) is 63.7 Å². The molecule has 0 radical (unpaired) electrons. The van der Waals surface area contributed by atoms with Crippen LogP contribution >= 0.6 is 0 Å². The Morgan fingerprint density at radius 1 is 1.19 bits per heavy atom. The van der Waals surface area contributed by atoms with Crippen molar-refractivity contribution in [2.24, 2.45) is 11.8 Å². The fourth-order valence-corrected chi connectivity index (χ4v) is 3.68. The van der Waals surface area contributed by atoms with E-state index in [1.807, 2.05) is 6.20 Å². The molecule has 2 rings (SSSR count). The van der Waals surface area contributed by atoms with Gasteiger partial charge in [-0.3, -0.25) is 0 Å². The number of nitrogens with zero attached hydrogens (tertiary/aromatic N) is 2. The minimum atomic E-state index is 0.731. The quantitative estimate of drug-likeness (QED) is 0.680. The molecular weight excluding hydrogens is 256 g/mol. The van der Waals surface area contributed by atoms with E-state index >= 15 is 0 Å². The van der Waals surface area contributed by atoms with Crippen LogP contribution in [0.4, 0.5) is 0 Å². The molecule has 0 amide bonds. The van der Waals surface area contributed by atoms with Gasteiger partial charge in [-0.05, 0) is 56.6 Å². The third-order valence-electron chi connectivity index (χ3n) is 5.10. The van der Waals surface area contributed by atoms with Crippen molar-refractivity contribution in [3.05, 3.63) is 37.1 Å². The summed E-state index contributed by atoms with van der Waals surface area (Å²) >= 11 is 0. The van der Waals surface area contributed by atoms with Crippen molar-refractivity contribution in [3.8, 4) is 0 Å². The largest absolute Gasteiger partial charge is 0.377 e. The molecule has 0 aromatic carbocycles. The topological polar surface area (TPSA) is 6.48 Å². The van der Waals surface area contributed by atoms with Crippen molar-refractivity contribution in [1.82, 2.24) is 9.80 Å². The SMILES string of the molecule is C=CN(C)CC(=C)C1CCC(CN2CCC=CCC2)CC1. The molecule has 0 unspecified atom stereocenters. The van der Waals surface area contributed by atoms with E-state index < -0.39 is 0 Å². The van der Waals surface area contributed by atoms with Gasteiger partial charge in [-0.25, -0.2) is 0 Å². The Bertz CT molecular complexity index is 354. The zero-order valence-electron chi connectivity index (χ0n) is 13.8. The van der Waals surface area contributed by atoms with Crippen LogP contribution in [-0.4, -0.2) is 43.0 Å². The third-order valence-corrected chi connectivity index (χ3v) is 5.10. The normalized spacial score (nSPS) is 27.1. The summed E-state index contributed by atoms with van der Waals surface area (Å²) in [6.07, 6.45) is 14.5. The maximum Gasteiger partial charge on any atom is 0.0380 e. The molecule has 0 aromatic heterocycles. The molecule has 1 fully saturated rings. The molecule has 0 saturated heterocycles. The van der Waals surface area contributed by atoms with E-state index in [2.05, 4.69) is 42.2 Å². The lowest BCUT2D eigenvalue weighted by molar-refractivity contribution is 0.192. The first-order valence-electron chi connectivity index (χ1n) is 8.57. The summed E-state index contributed by atoms with van der Waals surface area (Å²) in [6.45, 7) is 12.9. The van der Waals surface area contributed by atoms with E-state index in [9.17, 15) is 0 Å². The number of hydrogen-bond acceptors (Lipinski definition) is 2. The minimum Gasteiger partial charge on any atom is -0.377 e. The maximum atomic E-state index is 4.31. The summed E-state index contributed by atoms with van der Waals surface area (Å²) in [4.78, 5) is 4.81. The molecule has 0 N–H and O–H groups in total. The Morgan fingerprint density at radius 3 is 2.38 bits per heavy atom. The highest BCUT2D eigenvalue weighted by Gasteiger charge is 2.24. The van der Waals surface area contributed by atoms with Crippen molar-refractivity contribution in [2.45, 2.75) is 38.5 Å². The Hall–Kier alpha value is -1.02. The molecule has 118 valence electrons. The fraction of sp³-hybridized carbons (Fsp3) is 0.684. The molecule has 1 saturated carbocycles. The lowest BCUT2D eigenvalue weighted by Crippen LogP contribution is -2.33. The molecular formula is C19H32N2. The fourth-order valence-electron chi connectivity index (χ4n) is 3.68. The molecule has 1 heterocycles. The van der Waals surface area contributed by atoms with Crippen LogP contribution in [0.3, 0.4) is 0 Å². The molecule has 2 nitrogen and oxygen atoms in total. The van der Waals surface area contributed by atoms with Crippen molar-refractivity contribution in [3.63, 3.8) is 0 Å². The van der Waals surface area contributed by atoms with Gasteiger partial charge >= 0.3 is 0 Å². The van der Waals surface area contributed by atoms with Gasteiger partial charge in [-0.1, -0.05) is 30.9 Å². The average Bonchev–Trinajstić information content (AvgIpc) is 2.76. The standard InChI is InChI=1S/C19H32N2/c1-4-20(3)15-17(2)19-11-9-18(10-12-19)16-21-13-7-5-6-8-14-21/h4-6,18-19H,1-2,7-16H2,3H3. The number of likely N-dealkylation sites (N-methyl/N-ethyl adjacent to an activating group) is 1. The van der Waals surface area contributed by atoms with Crippen LogP contribution in [0.1, 0.15) is 38.5 Å². The first kappa shape index (κ1) is 16.4. The van der Waals surface area contributed by atoms with Crippen molar-refractivity contribution < 1.29 is 0 Å². The van der Waals surface area contributed by atoms with Gasteiger partial charge in [0.15, 0.2) is 0 Å². The van der Waals surface area contributed by atoms with Crippen LogP contribution in [0.15, 0.2) is 37.1 Å². The predicted octanol–water partition coefficient (Wildman–Crippen LogP) is 4.08. The smallest absolute Gasteiger partial charge is 0.0380 e. The summed E-state index contributed by atoms with van der Waals surface area (Å²) in [6, 6.07) is 0. The molecule has 2 heteroatoms. The monoisotopic (exact) mass is 288 g/mol. The summed E-state index contributed by atoms with van der Waals surface area (Å²) in [5.41, 5.74) is 1.40. The highest BCUT2D eigenvalue weighted by molar-refractivity contribution is 5.05. The van der Waals surface area contributed by atoms with Gasteiger partial charge in [0.1, 0.15) is 0 Å². The Labute approximate surface area is 131 Å². The first-order chi connectivity index (χ1) is 10.2. The molecule has 21 heavy (non-hydrogen) atoms. The predicted molar refractivity (Wildman–Crippen MR) is 92.2 cm³/mol. The van der Waals surface area contributed by atoms with Crippen LogP contribution in [-0.2, 0) is 0 Å². The van der Waals surface area contributed by atoms with E-state index in [-0.39, 0.29) is 0 Å². The van der Waals surface area contributed by atoms with Gasteiger partial charge in [0, 0.05) is 33.2 Å². The van der Waals surface area contributed by atoms with Gasteiger partial charge in [0.05, 0.1) is 0 Å². The molecule has 0 aromatic rings. The second-order valence-corrected chi connectivity index (χ2v) is 6.82.